The largest absolute Gasteiger partial charge is 0.420 e. The molecule has 0 fully saturated rings. The Kier molecular flexibility index (Phi) is 5.69. The highest BCUT2D eigenvalue weighted by atomic mass is 32.2. The van der Waals surface area contributed by atoms with Gasteiger partial charge in [-0.3, -0.25) is 24.1 Å². The lowest BCUT2D eigenvalue weighted by Crippen LogP contribution is -2.57. The van der Waals surface area contributed by atoms with E-state index in [2.05, 4.69) is 29.3 Å². The molecular formula is C26H25N3O4S. The van der Waals surface area contributed by atoms with E-state index in [-0.39, 0.29) is 29.4 Å². The van der Waals surface area contributed by atoms with Crippen LogP contribution >= 0.6 is 11.8 Å². The van der Waals surface area contributed by atoms with Crippen LogP contribution in [0.3, 0.4) is 0 Å². The summed E-state index contributed by atoms with van der Waals surface area (Å²) in [6.07, 6.45) is 1.60. The lowest BCUT2D eigenvalue weighted by molar-refractivity contribution is -0.132. The van der Waals surface area contributed by atoms with Crippen molar-refractivity contribution in [2.24, 2.45) is 0 Å². The number of fused-ring (bicyclic) bond motifs is 3. The van der Waals surface area contributed by atoms with Gasteiger partial charge in [-0.15, -0.1) is 11.8 Å². The quantitative estimate of drug-likeness (QED) is 0.535. The molecule has 2 aromatic carbocycles. The minimum atomic E-state index is -0.645. The molecule has 1 atom stereocenters. The molecule has 1 aromatic heterocycles. The van der Waals surface area contributed by atoms with Gasteiger partial charge in [0.25, 0.3) is 5.91 Å². The zero-order valence-corrected chi connectivity index (χ0v) is 20.0. The summed E-state index contributed by atoms with van der Waals surface area (Å²) in [6, 6.07) is 17.6. The van der Waals surface area contributed by atoms with Crippen molar-refractivity contribution in [3.63, 3.8) is 0 Å². The Morgan fingerprint density at radius 3 is 2.47 bits per heavy atom. The number of carbonyl (C=O) groups is 2. The molecule has 1 amide bonds. The van der Waals surface area contributed by atoms with Crippen LogP contribution in [0, 0.1) is 0 Å². The van der Waals surface area contributed by atoms with Crippen molar-refractivity contribution < 1.29 is 14.3 Å². The SMILES string of the molecule is CC(=O)Oc1c2n(ccc1=O)N(C1c3ccccc3CSc3ccccc31)CN(C(C)C)C2=O. The zero-order valence-electron chi connectivity index (χ0n) is 19.2. The van der Waals surface area contributed by atoms with Crippen LogP contribution < -0.4 is 15.2 Å². The van der Waals surface area contributed by atoms with E-state index in [1.54, 1.807) is 27.5 Å². The molecule has 0 spiro atoms. The average Bonchev–Trinajstić information content (AvgIpc) is 2.98. The fourth-order valence-corrected chi connectivity index (χ4v) is 5.70. The second kappa shape index (κ2) is 8.68. The summed E-state index contributed by atoms with van der Waals surface area (Å²) in [7, 11) is 0. The highest BCUT2D eigenvalue weighted by Gasteiger charge is 2.39. The second-order valence-corrected chi connectivity index (χ2v) is 9.69. The Balaban J connectivity index is 1.79. The van der Waals surface area contributed by atoms with Gasteiger partial charge in [0.05, 0.1) is 6.04 Å². The minimum Gasteiger partial charge on any atom is -0.420 e. The molecule has 174 valence electrons. The van der Waals surface area contributed by atoms with Crippen LogP contribution in [0.25, 0.3) is 0 Å². The van der Waals surface area contributed by atoms with E-state index < -0.39 is 11.4 Å². The number of rotatable bonds is 3. The lowest BCUT2D eigenvalue weighted by atomic mass is 9.94. The Labute approximate surface area is 201 Å². The number of pyridine rings is 1. The average molecular weight is 476 g/mol. The molecule has 0 bridgehead atoms. The predicted molar refractivity (Wildman–Crippen MR) is 131 cm³/mol. The molecule has 0 saturated heterocycles. The molecule has 3 aromatic rings. The minimum absolute atomic E-state index is 0.0644. The summed E-state index contributed by atoms with van der Waals surface area (Å²) in [5.41, 5.74) is 3.03. The number of aromatic nitrogens is 1. The van der Waals surface area contributed by atoms with Gasteiger partial charge in [0.2, 0.25) is 11.2 Å². The third kappa shape index (κ3) is 3.68. The van der Waals surface area contributed by atoms with Gasteiger partial charge in [-0.25, -0.2) is 0 Å². The molecule has 5 rings (SSSR count). The predicted octanol–water partition coefficient (Wildman–Crippen LogP) is 3.93. The second-order valence-electron chi connectivity index (χ2n) is 8.67. The number of benzene rings is 2. The van der Waals surface area contributed by atoms with Crippen molar-refractivity contribution in [1.29, 1.82) is 0 Å². The summed E-state index contributed by atoms with van der Waals surface area (Å²) >= 11 is 1.79. The van der Waals surface area contributed by atoms with E-state index in [0.717, 1.165) is 16.9 Å². The summed E-state index contributed by atoms with van der Waals surface area (Å²) in [4.78, 5) is 40.9. The maximum absolute atomic E-state index is 13.5. The third-order valence-corrected chi connectivity index (χ3v) is 7.32. The number of esters is 1. The summed E-state index contributed by atoms with van der Waals surface area (Å²) in [5, 5.41) is 2.08. The summed E-state index contributed by atoms with van der Waals surface area (Å²) in [5.74, 6) is -0.390. The molecule has 7 nitrogen and oxygen atoms in total. The van der Waals surface area contributed by atoms with Crippen LogP contribution in [0.5, 0.6) is 5.75 Å². The van der Waals surface area contributed by atoms with Crippen LogP contribution in [-0.4, -0.2) is 34.2 Å². The van der Waals surface area contributed by atoms with Gasteiger partial charge in [-0.1, -0.05) is 42.5 Å². The first kappa shape index (κ1) is 22.3. The number of ether oxygens (including phenoxy) is 1. The maximum Gasteiger partial charge on any atom is 0.308 e. The molecule has 0 radical (unpaired) electrons. The number of carbonyl (C=O) groups excluding carboxylic acids is 2. The van der Waals surface area contributed by atoms with Crippen molar-refractivity contribution in [2.75, 3.05) is 11.7 Å². The fourth-order valence-electron chi connectivity index (χ4n) is 4.60. The van der Waals surface area contributed by atoms with Crippen molar-refractivity contribution in [3.05, 3.63) is 93.4 Å². The first-order valence-electron chi connectivity index (χ1n) is 11.2. The normalized spacial score (nSPS) is 17.1. The molecule has 8 heteroatoms. The molecule has 0 saturated carbocycles. The van der Waals surface area contributed by atoms with Crippen molar-refractivity contribution in [1.82, 2.24) is 9.58 Å². The molecule has 34 heavy (non-hydrogen) atoms. The van der Waals surface area contributed by atoms with Gasteiger partial charge in [-0.05, 0) is 36.6 Å². The first-order valence-corrected chi connectivity index (χ1v) is 12.2. The van der Waals surface area contributed by atoms with Crippen molar-refractivity contribution in [3.8, 4) is 5.75 Å². The number of amides is 1. The van der Waals surface area contributed by atoms with Crippen LogP contribution in [0.15, 0.2) is 70.5 Å². The zero-order chi connectivity index (χ0) is 24.0. The number of thioether (sulfide) groups is 1. The molecule has 2 aliphatic rings. The number of hydrogen-bond acceptors (Lipinski definition) is 6. The highest BCUT2D eigenvalue weighted by Crippen LogP contribution is 2.42. The van der Waals surface area contributed by atoms with Crippen molar-refractivity contribution in [2.45, 2.75) is 43.5 Å². The topological polar surface area (TPSA) is 71.8 Å². The maximum atomic E-state index is 13.5. The van der Waals surface area contributed by atoms with Gasteiger partial charge in [0, 0.05) is 35.9 Å². The van der Waals surface area contributed by atoms with Gasteiger partial charge >= 0.3 is 5.97 Å². The van der Waals surface area contributed by atoms with E-state index >= 15 is 0 Å². The smallest absolute Gasteiger partial charge is 0.308 e. The van der Waals surface area contributed by atoms with Crippen LogP contribution in [0.1, 0.15) is 54.0 Å². The summed E-state index contributed by atoms with van der Waals surface area (Å²) < 4.78 is 6.98. The lowest BCUT2D eigenvalue weighted by Gasteiger charge is -2.45. The van der Waals surface area contributed by atoms with E-state index in [4.69, 9.17) is 4.74 Å². The van der Waals surface area contributed by atoms with E-state index in [1.165, 1.54) is 23.4 Å². The Morgan fingerprint density at radius 2 is 1.74 bits per heavy atom. The van der Waals surface area contributed by atoms with Gasteiger partial charge in [0.15, 0.2) is 5.69 Å². The molecule has 0 aliphatic carbocycles. The summed E-state index contributed by atoms with van der Waals surface area (Å²) in [6.45, 7) is 5.40. The molecule has 1 unspecified atom stereocenters. The standard InChI is InChI=1S/C26H25N3O4S/c1-16(2)27-15-29(28-13-12-21(31)25(33-17(3)30)24(28)26(27)32)23-19-9-5-4-8-18(19)14-34-22-11-7-6-10-20(22)23/h4-13,16,23H,14-15H2,1-3H3. The van der Waals surface area contributed by atoms with Crippen LogP contribution in [-0.2, 0) is 10.5 Å². The van der Waals surface area contributed by atoms with Crippen molar-refractivity contribution >= 4 is 23.6 Å². The molecule has 3 heterocycles. The first-order chi connectivity index (χ1) is 16.4. The third-order valence-electron chi connectivity index (χ3n) is 6.19. The van der Waals surface area contributed by atoms with E-state index in [1.807, 2.05) is 38.1 Å². The number of nitrogens with zero attached hydrogens (tertiary/aromatic N) is 3. The van der Waals surface area contributed by atoms with Gasteiger partial charge < -0.3 is 9.64 Å². The van der Waals surface area contributed by atoms with E-state index in [9.17, 15) is 14.4 Å². The Hall–Kier alpha value is -3.52. The Bertz CT molecular complexity index is 1300. The number of hydrogen-bond donors (Lipinski definition) is 0. The Morgan fingerprint density at radius 1 is 1.03 bits per heavy atom. The van der Waals surface area contributed by atoms with Gasteiger partial charge in [-0.2, -0.15) is 0 Å². The highest BCUT2D eigenvalue weighted by molar-refractivity contribution is 7.98. The molecular weight excluding hydrogens is 450 g/mol. The fraction of sp³-hybridized carbons (Fsp3) is 0.269. The van der Waals surface area contributed by atoms with Crippen LogP contribution in [0.4, 0.5) is 0 Å². The molecule has 2 aliphatic heterocycles. The van der Waals surface area contributed by atoms with E-state index in [0.29, 0.717) is 6.67 Å². The van der Waals surface area contributed by atoms with Gasteiger partial charge in [0.1, 0.15) is 6.67 Å². The van der Waals surface area contributed by atoms with Crippen LogP contribution in [0.2, 0.25) is 0 Å². The molecule has 0 N–H and O–H groups in total. The monoisotopic (exact) mass is 475 g/mol.